The molecule has 0 saturated carbocycles. The molecule has 9 heteroatoms. The number of pyridine rings is 1. The first-order valence-electron chi connectivity index (χ1n) is 9.09. The maximum atomic E-state index is 13.1. The van der Waals surface area contributed by atoms with Crippen molar-refractivity contribution in [2.75, 3.05) is 44.3 Å². The van der Waals surface area contributed by atoms with Crippen molar-refractivity contribution in [1.29, 1.82) is 5.26 Å². The van der Waals surface area contributed by atoms with Gasteiger partial charge < -0.3 is 14.4 Å². The zero-order valence-corrected chi connectivity index (χ0v) is 16.1. The number of hydrogen-bond acceptors (Lipinski definition) is 7. The van der Waals surface area contributed by atoms with Crippen LogP contribution >= 0.6 is 0 Å². The van der Waals surface area contributed by atoms with E-state index in [0.717, 1.165) is 6.42 Å². The average Bonchev–Trinajstić information content (AvgIpc) is 2.99. The lowest BCUT2D eigenvalue weighted by Gasteiger charge is -2.34. The Bertz CT molecular complexity index is 1010. The van der Waals surface area contributed by atoms with Gasteiger partial charge in [-0.3, -0.25) is 0 Å². The van der Waals surface area contributed by atoms with Gasteiger partial charge in [0.05, 0.1) is 29.7 Å². The first-order chi connectivity index (χ1) is 13.6. The summed E-state index contributed by atoms with van der Waals surface area (Å²) in [5.41, 5.74) is 0.534. The third kappa shape index (κ3) is 3.61. The molecule has 2 aliphatic heterocycles. The summed E-state index contributed by atoms with van der Waals surface area (Å²) in [5.74, 6) is 1.73. The van der Waals surface area contributed by atoms with E-state index in [-0.39, 0.29) is 4.90 Å². The maximum Gasteiger partial charge on any atom is 0.243 e. The summed E-state index contributed by atoms with van der Waals surface area (Å²) >= 11 is 0. The Morgan fingerprint density at radius 3 is 2.50 bits per heavy atom. The van der Waals surface area contributed by atoms with Crippen molar-refractivity contribution in [3.8, 4) is 17.6 Å². The van der Waals surface area contributed by atoms with E-state index in [1.165, 1.54) is 4.31 Å². The van der Waals surface area contributed by atoms with Crippen LogP contribution in [0.4, 0.5) is 5.82 Å². The van der Waals surface area contributed by atoms with Crippen molar-refractivity contribution in [3.63, 3.8) is 0 Å². The molecule has 0 atom stereocenters. The summed E-state index contributed by atoms with van der Waals surface area (Å²) in [6.45, 7) is 2.76. The van der Waals surface area contributed by atoms with Gasteiger partial charge in [-0.05, 0) is 24.3 Å². The number of rotatable bonds is 3. The van der Waals surface area contributed by atoms with Gasteiger partial charge in [0.25, 0.3) is 0 Å². The fourth-order valence-electron chi connectivity index (χ4n) is 3.27. The highest BCUT2D eigenvalue weighted by molar-refractivity contribution is 7.89. The van der Waals surface area contributed by atoms with E-state index in [1.807, 2.05) is 4.90 Å². The van der Waals surface area contributed by atoms with Crippen LogP contribution in [0.5, 0.6) is 11.5 Å². The van der Waals surface area contributed by atoms with E-state index >= 15 is 0 Å². The number of fused-ring (bicyclic) bond motifs is 1. The van der Waals surface area contributed by atoms with Gasteiger partial charge in [-0.15, -0.1) is 0 Å². The van der Waals surface area contributed by atoms with Crippen LogP contribution < -0.4 is 14.4 Å². The Morgan fingerprint density at radius 1 is 1.00 bits per heavy atom. The van der Waals surface area contributed by atoms with Crippen LogP contribution in [0.25, 0.3) is 0 Å². The molecular formula is C19H20N4O4S. The Balaban J connectivity index is 1.49. The largest absolute Gasteiger partial charge is 0.490 e. The van der Waals surface area contributed by atoms with Crippen molar-refractivity contribution in [2.24, 2.45) is 0 Å². The van der Waals surface area contributed by atoms with Crippen molar-refractivity contribution in [3.05, 3.63) is 42.1 Å². The van der Waals surface area contributed by atoms with Crippen LogP contribution in [0, 0.1) is 11.3 Å². The molecule has 8 nitrogen and oxygen atoms in total. The van der Waals surface area contributed by atoms with Crippen molar-refractivity contribution in [1.82, 2.24) is 9.29 Å². The Hall–Kier alpha value is -2.83. The minimum Gasteiger partial charge on any atom is -0.490 e. The van der Waals surface area contributed by atoms with Crippen molar-refractivity contribution in [2.45, 2.75) is 11.3 Å². The predicted molar refractivity (Wildman–Crippen MR) is 102 cm³/mol. The minimum atomic E-state index is -3.63. The highest BCUT2D eigenvalue weighted by Crippen LogP contribution is 2.33. The molecule has 28 heavy (non-hydrogen) atoms. The standard InChI is InChI=1S/C19H20N4O4S/c20-14-15-4-5-21-19(12-15)22-6-8-23(9-7-22)28(24,25)16-2-3-17-18(13-16)27-11-1-10-26-17/h2-5,12-13H,1,6-11H2. The van der Waals surface area contributed by atoms with Gasteiger partial charge in [0.15, 0.2) is 11.5 Å². The molecule has 1 fully saturated rings. The number of nitriles is 1. The number of nitrogens with zero attached hydrogens (tertiary/aromatic N) is 4. The highest BCUT2D eigenvalue weighted by Gasteiger charge is 2.30. The van der Waals surface area contributed by atoms with E-state index in [9.17, 15) is 8.42 Å². The maximum absolute atomic E-state index is 13.1. The summed E-state index contributed by atoms with van der Waals surface area (Å²) in [6, 6.07) is 10.2. The molecule has 0 bridgehead atoms. The normalized spacial score (nSPS) is 17.6. The molecule has 146 valence electrons. The molecule has 0 unspecified atom stereocenters. The monoisotopic (exact) mass is 400 g/mol. The Kier molecular flexibility index (Phi) is 5.07. The summed E-state index contributed by atoms with van der Waals surface area (Å²) in [5, 5.41) is 9.03. The van der Waals surface area contributed by atoms with Crippen LogP contribution in [0.1, 0.15) is 12.0 Å². The third-order valence-electron chi connectivity index (χ3n) is 4.79. The SMILES string of the molecule is N#Cc1ccnc(N2CCN(S(=O)(=O)c3ccc4c(c3)OCCCO4)CC2)c1. The quantitative estimate of drug-likeness (QED) is 0.772. The molecule has 1 aromatic heterocycles. The lowest BCUT2D eigenvalue weighted by Crippen LogP contribution is -2.48. The van der Waals surface area contributed by atoms with E-state index in [4.69, 9.17) is 14.7 Å². The molecule has 2 aromatic rings. The molecule has 0 aliphatic carbocycles. The van der Waals surface area contributed by atoms with Crippen LogP contribution in [-0.4, -0.2) is 57.1 Å². The van der Waals surface area contributed by atoms with Crippen LogP contribution in [0.2, 0.25) is 0 Å². The van der Waals surface area contributed by atoms with Crippen molar-refractivity contribution < 1.29 is 17.9 Å². The Morgan fingerprint density at radius 2 is 1.75 bits per heavy atom. The van der Waals surface area contributed by atoms with Crippen molar-refractivity contribution >= 4 is 15.8 Å². The van der Waals surface area contributed by atoms with Gasteiger partial charge in [-0.2, -0.15) is 9.57 Å². The second kappa shape index (κ2) is 7.66. The van der Waals surface area contributed by atoms with Crippen LogP contribution in [0.15, 0.2) is 41.4 Å². The molecule has 0 N–H and O–H groups in total. The number of aromatic nitrogens is 1. The lowest BCUT2D eigenvalue weighted by molar-refractivity contribution is 0.296. The van der Waals surface area contributed by atoms with Gasteiger partial charge in [0.2, 0.25) is 10.0 Å². The molecule has 3 heterocycles. The molecule has 1 aromatic carbocycles. The highest BCUT2D eigenvalue weighted by atomic mass is 32.2. The predicted octanol–water partition coefficient (Wildman–Crippen LogP) is 1.63. The Labute approximate surface area is 164 Å². The van der Waals surface area contributed by atoms with Crippen LogP contribution in [-0.2, 0) is 10.0 Å². The smallest absolute Gasteiger partial charge is 0.243 e. The summed E-state index contributed by atoms with van der Waals surface area (Å²) in [6.07, 6.45) is 2.36. The fraction of sp³-hybridized carbons (Fsp3) is 0.368. The zero-order chi connectivity index (χ0) is 19.6. The summed E-state index contributed by atoms with van der Waals surface area (Å²) < 4.78 is 38.8. The first kappa shape index (κ1) is 18.5. The van der Waals surface area contributed by atoms with E-state index in [1.54, 1.807) is 36.5 Å². The van der Waals surface area contributed by atoms with E-state index in [2.05, 4.69) is 11.1 Å². The lowest BCUT2D eigenvalue weighted by atomic mass is 10.2. The molecule has 0 amide bonds. The molecule has 0 radical (unpaired) electrons. The second-order valence-corrected chi connectivity index (χ2v) is 8.50. The molecule has 0 spiro atoms. The molecular weight excluding hydrogens is 380 g/mol. The molecule has 4 rings (SSSR count). The zero-order valence-electron chi connectivity index (χ0n) is 15.2. The molecule has 2 aliphatic rings. The van der Waals surface area contributed by atoms with E-state index < -0.39 is 10.0 Å². The topological polar surface area (TPSA) is 95.8 Å². The number of sulfonamides is 1. The molecule has 1 saturated heterocycles. The number of benzene rings is 1. The van der Waals surface area contributed by atoms with Gasteiger partial charge in [-0.25, -0.2) is 13.4 Å². The fourth-order valence-corrected chi connectivity index (χ4v) is 4.71. The van der Waals surface area contributed by atoms with E-state index in [0.29, 0.717) is 62.3 Å². The van der Waals surface area contributed by atoms with Gasteiger partial charge in [-0.1, -0.05) is 0 Å². The number of piperazine rings is 1. The van der Waals surface area contributed by atoms with Gasteiger partial charge in [0, 0.05) is 44.9 Å². The summed E-state index contributed by atoms with van der Waals surface area (Å²) in [4.78, 5) is 6.48. The van der Waals surface area contributed by atoms with Gasteiger partial charge >= 0.3 is 0 Å². The summed E-state index contributed by atoms with van der Waals surface area (Å²) in [7, 11) is -3.63. The number of anilines is 1. The first-order valence-corrected chi connectivity index (χ1v) is 10.5. The van der Waals surface area contributed by atoms with Gasteiger partial charge in [0.1, 0.15) is 5.82 Å². The second-order valence-electron chi connectivity index (χ2n) is 6.56. The average molecular weight is 400 g/mol. The van der Waals surface area contributed by atoms with Crippen LogP contribution in [0.3, 0.4) is 0 Å². The minimum absolute atomic E-state index is 0.204. The third-order valence-corrected chi connectivity index (χ3v) is 6.69. The number of ether oxygens (including phenoxy) is 2. The number of hydrogen-bond donors (Lipinski definition) is 0.